The number of allylic oxidation sites excluding steroid dienone is 1. The van der Waals surface area contributed by atoms with E-state index in [0.29, 0.717) is 6.42 Å². The third-order valence-electron chi connectivity index (χ3n) is 12.9. The van der Waals surface area contributed by atoms with Crippen molar-refractivity contribution in [1.82, 2.24) is 10.6 Å². The molecule has 14 unspecified atom stereocenters. The molecular formula is C57H104N2O21. The molecule has 14 N–H and O–H groups in total. The topological polar surface area (TPSA) is 373 Å². The van der Waals surface area contributed by atoms with Gasteiger partial charge in [0.1, 0.15) is 67.1 Å². The van der Waals surface area contributed by atoms with Crippen LogP contribution in [-0.4, -0.2) is 215 Å². The maximum Gasteiger partial charge on any atom is 0.364 e. The molecule has 3 heterocycles. The van der Waals surface area contributed by atoms with E-state index in [1.807, 2.05) is 0 Å². The van der Waals surface area contributed by atoms with Crippen LogP contribution in [0.3, 0.4) is 0 Å². The Labute approximate surface area is 487 Å². The zero-order chi connectivity index (χ0) is 59.0. The molecule has 0 bridgehead atoms. The first-order valence-electron chi connectivity index (χ1n) is 26.5. The van der Waals surface area contributed by atoms with Crippen LogP contribution < -0.4 is 10.6 Å². The van der Waals surface area contributed by atoms with Crippen molar-refractivity contribution >= 4 is 17.8 Å². The molecule has 23 heteroatoms. The van der Waals surface area contributed by atoms with E-state index < -0.39 is 160 Å². The van der Waals surface area contributed by atoms with Crippen LogP contribution in [0.5, 0.6) is 0 Å². The van der Waals surface area contributed by atoms with E-state index in [4.69, 9.17) is 28.4 Å². The van der Waals surface area contributed by atoms with E-state index in [-0.39, 0.29) is 20.0 Å². The molecule has 0 spiro atoms. The molecule has 18 atom stereocenters. The van der Waals surface area contributed by atoms with Crippen molar-refractivity contribution in [2.24, 2.45) is 0 Å². The zero-order valence-electron chi connectivity index (χ0n) is 45.0. The highest BCUT2D eigenvalue weighted by atomic mass is 16.8. The van der Waals surface area contributed by atoms with Crippen molar-refractivity contribution in [2.75, 3.05) is 26.4 Å². The Balaban J connectivity index is -0.000000480. The van der Waals surface area contributed by atoms with Crippen molar-refractivity contribution in [2.45, 2.75) is 214 Å². The summed E-state index contributed by atoms with van der Waals surface area (Å²) in [5, 5.41) is 134. The first kappa shape index (κ1) is 68.7. The molecule has 2 amide bonds. The first-order chi connectivity index (χ1) is 38.4. The number of aliphatic hydroxyl groups is 11. The van der Waals surface area contributed by atoms with E-state index in [1.165, 1.54) is 51.0 Å². The van der Waals surface area contributed by atoms with Gasteiger partial charge in [0.2, 0.25) is 5.91 Å². The van der Waals surface area contributed by atoms with Gasteiger partial charge in [0.15, 0.2) is 12.6 Å². The fourth-order valence-corrected chi connectivity index (χ4v) is 8.67. The lowest BCUT2D eigenvalue weighted by molar-refractivity contribution is -0.386. The standard InChI is InChI=1S/C57H76N2O21.14H2/c1-4-6-8-10-12-14-16-18-20-22-24-26-28-30-39(64)38(59-44(67)31-29-27-25-23-21-19-17-15-13-11-9-7-5-2)36-75-54-49(71)48(70)51(43(35-62)77-54)78-55-50(72)53(47(69)42(34-61)76-55)80-57(56(73)74)32-40(65)45(58-37(3)63)52(79-57)46(68)41(66)33-60;;;;;;;;;;;;;;/h28,30,38-43,45-55,60-62,64-66,68-72H,4,6,8,10,12,14,16,18,20,22,24,26,32-36H2,1-3H3,(H,58,63)(H,59,67)(H,73,74);14*1H/b30-28+;;;;;;;;;;;;;;/t38-,39+,40?,41+,42?,43?,45?,46+,47?,48?,49?,50?,51?,52?,53?,54?,55?,57?;;;;;;;;;;;;;;/m0............../s1/i2+1,5+1,7+1,9+1,11+1,13+1,15+1,17+1,19+1,21+1,23+1,25+1,27+1,29+1,31+1,44+1;;;;;;;;;;;;;;. The highest BCUT2D eigenvalue weighted by Gasteiger charge is 2.60. The third-order valence-corrected chi connectivity index (χ3v) is 12.9. The van der Waals surface area contributed by atoms with E-state index >= 15 is 0 Å². The van der Waals surface area contributed by atoms with Gasteiger partial charge in [0.05, 0.1) is 50.7 Å². The zero-order valence-corrected chi connectivity index (χ0v) is 45.0. The van der Waals surface area contributed by atoms with Gasteiger partial charge in [0, 0.05) is 39.2 Å². The van der Waals surface area contributed by atoms with Crippen LogP contribution >= 0.6 is 0 Å². The summed E-state index contributed by atoms with van der Waals surface area (Å²) in [6.45, 7) is 1.18. The Morgan fingerprint density at radius 2 is 1.26 bits per heavy atom. The minimum Gasteiger partial charge on any atom is -0.477 e. The van der Waals surface area contributed by atoms with E-state index in [1.54, 1.807) is 13.0 Å². The van der Waals surface area contributed by atoms with Gasteiger partial charge >= 0.3 is 5.97 Å². The lowest BCUT2D eigenvalue weighted by Crippen LogP contribution is -2.70. The Bertz CT molecular complexity index is 2500. The Morgan fingerprint density at radius 3 is 1.80 bits per heavy atom. The number of rotatable bonds is 29. The van der Waals surface area contributed by atoms with E-state index in [9.17, 15) is 75.7 Å². The van der Waals surface area contributed by atoms with Gasteiger partial charge in [-0.25, -0.2) is 4.79 Å². The number of amides is 2. The molecule has 3 saturated heterocycles. The van der Waals surface area contributed by atoms with Gasteiger partial charge in [0.25, 0.3) is 11.7 Å². The van der Waals surface area contributed by atoms with Gasteiger partial charge < -0.3 is 100 Å². The predicted octanol–water partition coefficient (Wildman–Crippen LogP) is 0.392. The summed E-state index contributed by atoms with van der Waals surface area (Å²) in [5.74, 6) is 27.4. The number of hydrogen-bond acceptors (Lipinski definition) is 20. The van der Waals surface area contributed by atoms with E-state index in [0.717, 1.165) is 32.6 Å². The highest BCUT2D eigenvalue weighted by molar-refractivity contribution is 5.94. The molecular weight excluding hydrogens is 1060 g/mol. The number of carbonyl (C=O) groups is 3. The minimum atomic E-state index is -3.11. The van der Waals surface area contributed by atoms with Crippen molar-refractivity contribution in [3.63, 3.8) is 0 Å². The van der Waals surface area contributed by atoms with E-state index in [2.05, 4.69) is 100 Å². The van der Waals surface area contributed by atoms with Crippen LogP contribution in [0.2, 0.25) is 0 Å². The fraction of sp³-hybridized carbons (Fsp3) is 0.667. The van der Waals surface area contributed by atoms with Gasteiger partial charge in [-0.2, -0.15) is 0 Å². The second-order valence-corrected chi connectivity index (χ2v) is 19.0. The number of unbranched alkanes of at least 4 members (excludes halogenated alkanes) is 11. The highest BCUT2D eigenvalue weighted by Crippen LogP contribution is 2.38. The summed E-state index contributed by atoms with van der Waals surface area (Å²) in [6, 6.07) is -2.86. The maximum absolute atomic E-state index is 13.0. The van der Waals surface area contributed by atoms with Crippen LogP contribution in [0.1, 0.15) is 124 Å². The van der Waals surface area contributed by atoms with Crippen LogP contribution in [-0.2, 0) is 42.8 Å². The molecule has 468 valence electrons. The minimum absolute atomic E-state index is 0. The molecule has 0 aromatic carbocycles. The van der Waals surface area contributed by atoms with Gasteiger partial charge in [-0.15, -0.1) is 0 Å². The largest absolute Gasteiger partial charge is 0.477 e. The lowest BCUT2D eigenvalue weighted by atomic mass is 9.88. The van der Waals surface area contributed by atoms with Gasteiger partial charge in [-0.1, -0.05) is 89.2 Å². The SMILES string of the molecule is CCCCCCCCCCCCC/C=C/[C@@H](O)[C@H](COC1OC(CO)C(OC2OC(CO)C(O)C(OC3(C(=O)O)CC(O)C(NC(C)=O)C([C@H](O)[C@H](O)CO)O3)C2O)C(O)C1O)N[13C](=O)[13C]#[13C][13C]#[13C][13C]#[13C][13C]#[13C][13C]#[13C][13C]#[13C][13C]#[13C][13CH3].[HH].[HH].[HH].[HH].[HH].[HH].[HH].[HH].[HH].[HH].[HH].[HH].[HH].[HH]. The summed E-state index contributed by atoms with van der Waals surface area (Å²) < 4.78 is 34.3. The van der Waals surface area contributed by atoms with Crippen molar-refractivity contribution in [3.8, 4) is 82.9 Å². The third kappa shape index (κ3) is 22.4. The number of aliphatic carboxylic acids is 1. The normalized spacial score (nSPS) is 29.3. The molecule has 0 aromatic heterocycles. The lowest BCUT2D eigenvalue weighted by Gasteiger charge is -2.50. The van der Waals surface area contributed by atoms with Crippen LogP contribution in [0.15, 0.2) is 12.2 Å². The summed E-state index contributed by atoms with van der Waals surface area (Å²) in [7, 11) is 0. The molecule has 3 aliphatic heterocycles. The maximum atomic E-state index is 13.0. The first-order valence-corrected chi connectivity index (χ1v) is 26.5. The summed E-state index contributed by atoms with van der Waals surface area (Å²) >= 11 is 0. The summed E-state index contributed by atoms with van der Waals surface area (Å²) in [6.07, 6.45) is -13.9. The quantitative estimate of drug-likeness (QED) is 0.0208. The number of carboxylic acid groups (broad SMARTS) is 1. The smallest absolute Gasteiger partial charge is 0.364 e. The molecule has 3 aliphatic rings. The molecule has 80 heavy (non-hydrogen) atoms. The van der Waals surface area contributed by atoms with Crippen LogP contribution in [0.25, 0.3) is 0 Å². The predicted molar refractivity (Wildman–Crippen MR) is 312 cm³/mol. The summed E-state index contributed by atoms with van der Waals surface area (Å²) in [5.41, 5.74) is 0. The van der Waals surface area contributed by atoms with Crippen LogP contribution in [0.4, 0.5) is 0 Å². The molecule has 3 fully saturated rings. The second kappa shape index (κ2) is 37.4. The Hall–Kier alpha value is -5.61. The van der Waals surface area contributed by atoms with Crippen LogP contribution in [0, 0.1) is 82.9 Å². The number of nitrogens with one attached hydrogen (secondary N) is 2. The number of ether oxygens (including phenoxy) is 6. The number of aliphatic hydroxyl groups excluding tert-OH is 11. The molecule has 3 rings (SSSR count). The average molecular weight is 1170 g/mol. The number of hydrogen-bond donors (Lipinski definition) is 14. The molecule has 0 aliphatic carbocycles. The summed E-state index contributed by atoms with van der Waals surface area (Å²) in [4.78, 5) is 37.9. The monoisotopic (exact) mass is 1170 g/mol. The van der Waals surface area contributed by atoms with Gasteiger partial charge in [-0.3, -0.25) is 9.59 Å². The fourth-order valence-electron chi connectivity index (χ4n) is 8.67. The average Bonchev–Trinajstić information content (AvgIpc) is 0.769. The number of carbonyl (C=O) groups excluding carboxylic acids is 2. The van der Waals surface area contributed by atoms with Gasteiger partial charge in [-0.05, 0) is 90.8 Å². The molecule has 0 aromatic rings. The molecule has 23 nitrogen and oxygen atoms in total. The molecule has 0 radical (unpaired) electrons. The van der Waals surface area contributed by atoms with Crippen molar-refractivity contribution in [1.29, 1.82) is 0 Å². The molecule has 0 saturated carbocycles. The van der Waals surface area contributed by atoms with Crippen molar-refractivity contribution in [3.05, 3.63) is 12.2 Å². The second-order valence-electron chi connectivity index (χ2n) is 19.0. The Kier molecular flexibility index (Phi) is 32.1. The number of carboxylic acids is 1. The van der Waals surface area contributed by atoms with Crippen molar-refractivity contribution < 1.29 is 124 Å². The Morgan fingerprint density at radius 1 is 0.713 bits per heavy atom.